The van der Waals surface area contributed by atoms with Crippen molar-refractivity contribution < 1.29 is 4.42 Å². The van der Waals surface area contributed by atoms with Crippen molar-refractivity contribution in [2.45, 2.75) is 44.9 Å². The van der Waals surface area contributed by atoms with Gasteiger partial charge in [0.05, 0.1) is 5.69 Å². The molecule has 0 N–H and O–H groups in total. The van der Waals surface area contributed by atoms with Gasteiger partial charge < -0.3 is 9.32 Å². The van der Waals surface area contributed by atoms with E-state index in [0.29, 0.717) is 0 Å². The first-order valence-corrected chi connectivity index (χ1v) is 18.1. The maximum absolute atomic E-state index is 6.47. The van der Waals surface area contributed by atoms with E-state index < -0.39 is 0 Å². The molecule has 0 bridgehead atoms. The summed E-state index contributed by atoms with van der Waals surface area (Å²) in [6.07, 6.45) is 12.5. The van der Waals surface area contributed by atoms with E-state index in [1.54, 1.807) is 0 Å². The van der Waals surface area contributed by atoms with Crippen LogP contribution in [0, 0.1) is 11.8 Å². The Morgan fingerprint density at radius 3 is 2.43 bits per heavy atom. The molecule has 0 unspecified atom stereocenters. The standard InChI is InChI=1S/C49H37NO/c1-49(2)43-20-9-7-16-39(43)40-30-29-36(31-44(40)49)50(45-21-11-14-34-24-23-32-13-5-3-4-6-15-37(32)47(34)45)35-27-25-33(26-28-35)38-18-12-19-42-41-17-8-10-22-46(41)51-48(38)42/h5,7-14,16-25,27,29-31H,3,15,26,28H2,1-2H3. The molecule has 244 valence electrons. The molecule has 3 aliphatic carbocycles. The molecule has 0 saturated heterocycles. The van der Waals surface area contributed by atoms with E-state index >= 15 is 0 Å². The lowest BCUT2D eigenvalue weighted by atomic mass is 9.82. The molecule has 1 heterocycles. The van der Waals surface area contributed by atoms with Gasteiger partial charge in [0.1, 0.15) is 11.2 Å². The molecule has 1 aromatic heterocycles. The molecule has 2 heteroatoms. The number of benzene rings is 6. The van der Waals surface area contributed by atoms with Crippen LogP contribution < -0.4 is 4.90 Å². The Morgan fingerprint density at radius 1 is 0.686 bits per heavy atom. The molecule has 3 aliphatic rings. The Hall–Kier alpha value is -6.04. The fourth-order valence-electron chi connectivity index (χ4n) is 8.78. The monoisotopic (exact) mass is 655 g/mol. The third kappa shape index (κ3) is 4.65. The van der Waals surface area contributed by atoms with Crippen LogP contribution in [0.1, 0.15) is 60.9 Å². The highest BCUT2D eigenvalue weighted by Crippen LogP contribution is 2.51. The fourth-order valence-corrected chi connectivity index (χ4v) is 8.78. The quantitative estimate of drug-likeness (QED) is 0.175. The highest BCUT2D eigenvalue weighted by Gasteiger charge is 2.36. The molecule has 0 aliphatic heterocycles. The van der Waals surface area contributed by atoms with Gasteiger partial charge in [0.25, 0.3) is 0 Å². The maximum atomic E-state index is 6.47. The minimum Gasteiger partial charge on any atom is -0.455 e. The van der Waals surface area contributed by atoms with Crippen molar-refractivity contribution in [3.63, 3.8) is 0 Å². The first-order valence-electron chi connectivity index (χ1n) is 18.1. The zero-order valence-corrected chi connectivity index (χ0v) is 29.0. The smallest absolute Gasteiger partial charge is 0.142 e. The second kappa shape index (κ2) is 11.5. The van der Waals surface area contributed by atoms with Gasteiger partial charge in [0.15, 0.2) is 0 Å². The lowest BCUT2D eigenvalue weighted by molar-refractivity contribution is 0.660. The van der Waals surface area contributed by atoms with Crippen molar-refractivity contribution in [2.75, 3.05) is 4.90 Å². The van der Waals surface area contributed by atoms with E-state index in [-0.39, 0.29) is 5.41 Å². The van der Waals surface area contributed by atoms with Crippen molar-refractivity contribution in [3.8, 4) is 23.0 Å². The third-order valence-electron chi connectivity index (χ3n) is 11.3. The maximum Gasteiger partial charge on any atom is 0.142 e. The van der Waals surface area contributed by atoms with Gasteiger partial charge in [-0.3, -0.25) is 0 Å². The van der Waals surface area contributed by atoms with Crippen molar-refractivity contribution in [1.29, 1.82) is 0 Å². The molecule has 2 nitrogen and oxygen atoms in total. The van der Waals surface area contributed by atoms with Gasteiger partial charge >= 0.3 is 0 Å². The predicted octanol–water partition coefficient (Wildman–Crippen LogP) is 12.9. The average Bonchev–Trinajstić information content (AvgIpc) is 3.64. The summed E-state index contributed by atoms with van der Waals surface area (Å²) in [6.45, 7) is 4.73. The zero-order valence-electron chi connectivity index (χ0n) is 29.0. The average molecular weight is 656 g/mol. The fraction of sp³-hybridized carbons (Fsp3) is 0.143. The van der Waals surface area contributed by atoms with Crippen LogP contribution in [0.15, 0.2) is 144 Å². The topological polar surface area (TPSA) is 16.4 Å². The Bertz CT molecular complexity index is 2740. The van der Waals surface area contributed by atoms with Crippen LogP contribution in [0.2, 0.25) is 0 Å². The van der Waals surface area contributed by atoms with Gasteiger partial charge in [-0.2, -0.15) is 0 Å². The summed E-state index contributed by atoms with van der Waals surface area (Å²) in [5.74, 6) is 6.82. The molecule has 0 saturated carbocycles. The molecule has 51 heavy (non-hydrogen) atoms. The highest BCUT2D eigenvalue weighted by molar-refractivity contribution is 6.08. The number of fused-ring (bicyclic) bond motifs is 9. The number of anilines is 2. The summed E-state index contributed by atoms with van der Waals surface area (Å²) in [4.78, 5) is 2.53. The molecule has 10 rings (SSSR count). The Labute approximate surface area is 299 Å². The van der Waals surface area contributed by atoms with E-state index in [1.807, 2.05) is 6.07 Å². The molecular formula is C49H37NO. The summed E-state index contributed by atoms with van der Waals surface area (Å²) in [5.41, 5.74) is 16.0. The van der Waals surface area contributed by atoms with Gasteiger partial charge in [0, 0.05) is 51.4 Å². The first-order chi connectivity index (χ1) is 25.1. The van der Waals surface area contributed by atoms with Gasteiger partial charge in [-0.05, 0) is 87.5 Å². The SMILES string of the molecule is CC1(C)c2ccccc2-c2ccc(N(C3=CC=C(c4cccc5c4oc4ccccc45)CC3)c3cccc4ccc5c(c34)CC#CCC=C5)cc21. The van der Waals surface area contributed by atoms with Crippen molar-refractivity contribution in [1.82, 2.24) is 0 Å². The van der Waals surface area contributed by atoms with Crippen LogP contribution in [-0.2, 0) is 11.8 Å². The Kier molecular flexibility index (Phi) is 6.73. The largest absolute Gasteiger partial charge is 0.455 e. The minimum absolute atomic E-state index is 0.0959. The molecule has 0 spiro atoms. The lowest BCUT2D eigenvalue weighted by Crippen LogP contribution is -2.20. The van der Waals surface area contributed by atoms with Crippen molar-refractivity contribution in [2.24, 2.45) is 0 Å². The van der Waals surface area contributed by atoms with Gasteiger partial charge in [-0.15, -0.1) is 0 Å². The molecule has 0 amide bonds. The number of nitrogens with zero attached hydrogens (tertiary/aromatic N) is 1. The second-order valence-electron chi connectivity index (χ2n) is 14.5. The summed E-state index contributed by atoms with van der Waals surface area (Å²) in [5, 5.41) is 4.86. The van der Waals surface area contributed by atoms with E-state index in [2.05, 4.69) is 164 Å². The third-order valence-corrected chi connectivity index (χ3v) is 11.3. The number of hydrogen-bond donors (Lipinski definition) is 0. The van der Waals surface area contributed by atoms with Crippen LogP contribution in [0.25, 0.3) is 55.5 Å². The molecule has 0 atom stereocenters. The van der Waals surface area contributed by atoms with Crippen molar-refractivity contribution in [3.05, 3.63) is 167 Å². The van der Waals surface area contributed by atoms with E-state index in [0.717, 1.165) is 36.8 Å². The molecule has 7 aromatic rings. The van der Waals surface area contributed by atoms with Crippen LogP contribution in [0.4, 0.5) is 11.4 Å². The number of para-hydroxylation sites is 2. The lowest BCUT2D eigenvalue weighted by Gasteiger charge is -2.33. The van der Waals surface area contributed by atoms with E-state index in [9.17, 15) is 0 Å². The molecular weight excluding hydrogens is 619 g/mol. The number of rotatable bonds is 4. The number of hydrogen-bond acceptors (Lipinski definition) is 2. The normalized spacial score (nSPS) is 15.6. The van der Waals surface area contributed by atoms with Gasteiger partial charge in [-0.1, -0.05) is 135 Å². The summed E-state index contributed by atoms with van der Waals surface area (Å²) in [7, 11) is 0. The Morgan fingerprint density at radius 2 is 1.51 bits per heavy atom. The molecule has 0 fully saturated rings. The second-order valence-corrected chi connectivity index (χ2v) is 14.5. The zero-order chi connectivity index (χ0) is 34.1. The predicted molar refractivity (Wildman–Crippen MR) is 214 cm³/mol. The van der Waals surface area contributed by atoms with Crippen LogP contribution in [0.3, 0.4) is 0 Å². The van der Waals surface area contributed by atoms with Crippen LogP contribution >= 0.6 is 0 Å². The number of furan rings is 1. The van der Waals surface area contributed by atoms with E-state index in [4.69, 9.17) is 4.42 Å². The summed E-state index contributed by atoms with van der Waals surface area (Å²) < 4.78 is 6.47. The van der Waals surface area contributed by atoms with Gasteiger partial charge in [-0.25, -0.2) is 0 Å². The van der Waals surface area contributed by atoms with Crippen LogP contribution in [-0.4, -0.2) is 0 Å². The first kappa shape index (κ1) is 29.8. The molecule has 0 radical (unpaired) electrons. The van der Waals surface area contributed by atoms with Crippen LogP contribution in [0.5, 0.6) is 0 Å². The summed E-state index contributed by atoms with van der Waals surface area (Å²) in [6, 6.07) is 42.2. The highest BCUT2D eigenvalue weighted by atomic mass is 16.3. The van der Waals surface area contributed by atoms with E-state index in [1.165, 1.54) is 83.1 Å². The molecule has 6 aromatic carbocycles. The van der Waals surface area contributed by atoms with Gasteiger partial charge in [0.2, 0.25) is 0 Å². The van der Waals surface area contributed by atoms with Crippen molar-refractivity contribution >= 4 is 55.7 Å². The number of allylic oxidation sites excluding steroid dienone is 5. The summed E-state index contributed by atoms with van der Waals surface area (Å²) >= 11 is 0. The minimum atomic E-state index is -0.0959. The Balaban J connectivity index is 1.17.